The Labute approximate surface area is 150 Å². The standard InChI is InChI=1S/C12H18.CNSe.K/c1-4-10-12(2,3)11-8-6-5-7-9-11;2-1-3;/h5-9H,4,10H2,1-3H3;;/q;-1;+1. The Hall–Kier alpha value is 0.956. The number of rotatable bonds is 3. The van der Waals surface area contributed by atoms with Crippen LogP contribution in [0.3, 0.4) is 0 Å². The second-order valence-electron chi connectivity index (χ2n) is 4.09. The Morgan fingerprint density at radius 1 is 1.25 bits per heavy atom. The summed E-state index contributed by atoms with van der Waals surface area (Å²) < 4.78 is 1.62. The van der Waals surface area contributed by atoms with E-state index >= 15 is 0 Å². The van der Waals surface area contributed by atoms with Crippen LogP contribution in [-0.2, 0) is 5.41 Å². The van der Waals surface area contributed by atoms with Gasteiger partial charge in [-0.15, -0.1) is 0 Å². The Kier molecular flexibility index (Phi) is 13.4. The number of hydrogen-bond acceptors (Lipinski definition) is 0. The van der Waals surface area contributed by atoms with E-state index < -0.39 is 0 Å². The predicted octanol–water partition coefficient (Wildman–Crippen LogP) is 0.398. The molecular weight excluding hydrogens is 288 g/mol. The molecule has 0 aliphatic heterocycles. The van der Waals surface area contributed by atoms with Crippen molar-refractivity contribution < 1.29 is 51.4 Å². The molecule has 0 fully saturated rings. The van der Waals surface area contributed by atoms with Crippen molar-refractivity contribution in [3.63, 3.8) is 0 Å². The zero-order chi connectivity index (χ0) is 11.7. The molecular formula is C13H18KNSe. The molecule has 0 unspecified atom stereocenters. The first-order valence-corrected chi connectivity index (χ1v) is 6.01. The summed E-state index contributed by atoms with van der Waals surface area (Å²) in [5.74, 6) is 0. The fourth-order valence-corrected chi connectivity index (χ4v) is 1.66. The van der Waals surface area contributed by atoms with Crippen LogP contribution in [0.15, 0.2) is 30.3 Å². The van der Waals surface area contributed by atoms with Crippen molar-refractivity contribution in [2.75, 3.05) is 0 Å². The van der Waals surface area contributed by atoms with Crippen molar-refractivity contribution in [3.8, 4) is 0 Å². The van der Waals surface area contributed by atoms with Gasteiger partial charge in [-0.2, -0.15) is 0 Å². The molecule has 0 aliphatic rings. The molecule has 1 aromatic carbocycles. The molecule has 0 aromatic heterocycles. The molecule has 0 atom stereocenters. The molecule has 3 heteroatoms. The second kappa shape index (κ2) is 11.1. The van der Waals surface area contributed by atoms with Gasteiger partial charge in [-0.3, -0.25) is 0 Å². The van der Waals surface area contributed by atoms with Crippen molar-refractivity contribution in [1.29, 1.82) is 0 Å². The average Bonchev–Trinajstić information content (AvgIpc) is 2.20. The summed E-state index contributed by atoms with van der Waals surface area (Å²) in [5.41, 5.74) is 1.79. The van der Waals surface area contributed by atoms with Crippen molar-refractivity contribution in [2.24, 2.45) is 0 Å². The van der Waals surface area contributed by atoms with Crippen LogP contribution >= 0.6 is 0 Å². The first kappa shape index (κ1) is 19.3. The predicted molar refractivity (Wildman–Crippen MR) is 68.5 cm³/mol. The third-order valence-corrected chi connectivity index (χ3v) is 2.43. The third kappa shape index (κ3) is 8.11. The fourth-order valence-electron chi connectivity index (χ4n) is 1.66. The summed E-state index contributed by atoms with van der Waals surface area (Å²) in [4.78, 5) is 0. The van der Waals surface area contributed by atoms with Gasteiger partial charge >= 0.3 is 77.1 Å². The monoisotopic (exact) mass is 307 g/mol. The zero-order valence-electron chi connectivity index (χ0n) is 10.7. The van der Waals surface area contributed by atoms with E-state index in [2.05, 4.69) is 66.7 Å². The maximum atomic E-state index is 7.26. The Balaban J connectivity index is 0. The normalized spacial score (nSPS) is 9.19. The van der Waals surface area contributed by atoms with Gasteiger partial charge in [0.1, 0.15) is 0 Å². The average molecular weight is 306 g/mol. The fraction of sp³-hybridized carbons (Fsp3) is 0.462. The SMILES string of the molecule is CCCC(C)(C)c1ccccc1.[K+].[N-]=C=[Se]. The van der Waals surface area contributed by atoms with Crippen molar-refractivity contribution in [3.05, 3.63) is 41.3 Å². The van der Waals surface area contributed by atoms with Crippen LogP contribution in [0.4, 0.5) is 0 Å². The molecule has 0 N–H and O–H groups in total. The molecule has 1 nitrogen and oxygen atoms in total. The number of nitrogens with zero attached hydrogens (tertiary/aromatic N) is 1. The van der Waals surface area contributed by atoms with Gasteiger partial charge in [-0.05, 0) is 17.4 Å². The molecule has 0 saturated heterocycles. The second-order valence-corrected chi connectivity index (χ2v) is 4.47. The van der Waals surface area contributed by atoms with Gasteiger partial charge in [0.15, 0.2) is 0 Å². The van der Waals surface area contributed by atoms with Gasteiger partial charge in [-0.25, -0.2) is 0 Å². The minimum absolute atomic E-state index is 0. The molecule has 0 radical (unpaired) electrons. The minimum atomic E-state index is 0. The molecule has 0 aliphatic carbocycles. The van der Waals surface area contributed by atoms with Crippen molar-refractivity contribution >= 4 is 20.3 Å². The Morgan fingerprint density at radius 2 is 1.69 bits per heavy atom. The maximum absolute atomic E-state index is 7.26. The molecule has 0 bridgehead atoms. The van der Waals surface area contributed by atoms with E-state index in [1.54, 1.807) is 4.71 Å². The van der Waals surface area contributed by atoms with Gasteiger partial charge in [0.25, 0.3) is 0 Å². The van der Waals surface area contributed by atoms with Crippen LogP contribution in [0.2, 0.25) is 0 Å². The molecule has 1 rings (SSSR count). The first-order chi connectivity index (χ1) is 7.08. The van der Waals surface area contributed by atoms with Crippen LogP contribution in [0, 0.1) is 0 Å². The molecule has 0 saturated carbocycles. The quantitative estimate of drug-likeness (QED) is 0.570. The zero-order valence-corrected chi connectivity index (χ0v) is 15.5. The summed E-state index contributed by atoms with van der Waals surface area (Å²) in [5, 5.41) is 7.26. The van der Waals surface area contributed by atoms with Crippen LogP contribution in [0.25, 0.3) is 5.41 Å². The van der Waals surface area contributed by atoms with E-state index in [-0.39, 0.29) is 51.4 Å². The van der Waals surface area contributed by atoms with Crippen molar-refractivity contribution in [1.82, 2.24) is 0 Å². The molecule has 16 heavy (non-hydrogen) atoms. The Bertz CT molecular complexity index is 303. The molecule has 1 aromatic rings. The van der Waals surface area contributed by atoms with E-state index in [9.17, 15) is 0 Å². The van der Waals surface area contributed by atoms with Crippen LogP contribution in [0.1, 0.15) is 39.2 Å². The van der Waals surface area contributed by atoms with Gasteiger partial charge < -0.3 is 0 Å². The van der Waals surface area contributed by atoms with E-state index in [0.29, 0.717) is 5.41 Å². The van der Waals surface area contributed by atoms with E-state index in [0.717, 1.165) is 0 Å². The Morgan fingerprint density at radius 3 is 2.06 bits per heavy atom. The topological polar surface area (TPSA) is 22.3 Å². The summed E-state index contributed by atoms with van der Waals surface area (Å²) >= 11 is 2.11. The van der Waals surface area contributed by atoms with E-state index in [1.807, 2.05) is 0 Å². The molecule has 0 heterocycles. The van der Waals surface area contributed by atoms with Crippen LogP contribution in [-0.4, -0.2) is 20.3 Å². The molecule has 82 valence electrons. The van der Waals surface area contributed by atoms with Crippen molar-refractivity contribution in [2.45, 2.75) is 39.0 Å². The van der Waals surface area contributed by atoms with Gasteiger partial charge in [-0.1, -0.05) is 57.5 Å². The molecule has 0 amide bonds. The van der Waals surface area contributed by atoms with E-state index in [4.69, 9.17) is 5.41 Å². The van der Waals surface area contributed by atoms with Crippen LogP contribution < -0.4 is 51.4 Å². The first-order valence-electron chi connectivity index (χ1n) is 5.15. The molecule has 0 spiro atoms. The van der Waals surface area contributed by atoms with Gasteiger partial charge in [0.05, 0.1) is 0 Å². The van der Waals surface area contributed by atoms with Crippen LogP contribution in [0.5, 0.6) is 0 Å². The van der Waals surface area contributed by atoms with Gasteiger partial charge in [0.2, 0.25) is 0 Å². The van der Waals surface area contributed by atoms with E-state index in [1.165, 1.54) is 18.4 Å². The summed E-state index contributed by atoms with van der Waals surface area (Å²) in [6.45, 7) is 6.86. The summed E-state index contributed by atoms with van der Waals surface area (Å²) in [7, 11) is 0. The van der Waals surface area contributed by atoms with Gasteiger partial charge in [0, 0.05) is 0 Å². The summed E-state index contributed by atoms with van der Waals surface area (Å²) in [6.07, 6.45) is 2.51. The number of hydrogen-bond donors (Lipinski definition) is 0. The summed E-state index contributed by atoms with van der Waals surface area (Å²) in [6, 6.07) is 10.7. The number of benzene rings is 1. The third-order valence-electron chi connectivity index (χ3n) is 2.43.